The van der Waals surface area contributed by atoms with Crippen molar-refractivity contribution in [1.29, 1.82) is 0 Å². The van der Waals surface area contributed by atoms with E-state index in [2.05, 4.69) is 5.10 Å². The first-order chi connectivity index (χ1) is 7.73. The van der Waals surface area contributed by atoms with Crippen molar-refractivity contribution in [1.82, 2.24) is 9.78 Å². The number of rotatable bonds is 2. The van der Waals surface area contributed by atoms with Gasteiger partial charge in [-0.15, -0.1) is 0 Å². The lowest BCUT2D eigenvalue weighted by molar-refractivity contribution is -0.0268. The Balaban J connectivity index is 2.26. The molecule has 17 heavy (non-hydrogen) atoms. The summed E-state index contributed by atoms with van der Waals surface area (Å²) in [4.78, 5) is 0. The average molecular weight is 245 g/mol. The van der Waals surface area contributed by atoms with Gasteiger partial charge in [-0.05, 0) is 19.4 Å². The minimum absolute atomic E-state index is 0.364. The Hall–Kier alpha value is -1.01. The molecule has 0 aliphatic carbocycles. The quantitative estimate of drug-likeness (QED) is 0.860. The maximum atomic E-state index is 13.2. The van der Waals surface area contributed by atoms with Crippen molar-refractivity contribution >= 4 is 0 Å². The fourth-order valence-electron chi connectivity index (χ4n) is 2.31. The smallest absolute Gasteiger partial charge is 0.273 e. The van der Waals surface area contributed by atoms with Crippen molar-refractivity contribution in [2.75, 3.05) is 6.61 Å². The topological polar surface area (TPSA) is 53.1 Å². The maximum absolute atomic E-state index is 13.2. The summed E-state index contributed by atoms with van der Waals surface area (Å²) >= 11 is 0. The molecule has 1 aliphatic heterocycles. The van der Waals surface area contributed by atoms with E-state index < -0.39 is 24.2 Å². The number of hydrogen-bond donors (Lipinski definition) is 1. The highest BCUT2D eigenvalue weighted by Gasteiger charge is 2.52. The zero-order valence-corrected chi connectivity index (χ0v) is 10.2. The summed E-state index contributed by atoms with van der Waals surface area (Å²) in [6.45, 7) is 2.91. The normalized spacial score (nSPS) is 29.5. The number of nitrogens with zero attached hydrogens (tertiary/aromatic N) is 2. The van der Waals surface area contributed by atoms with Gasteiger partial charge in [0.1, 0.15) is 6.61 Å². The number of halogens is 2. The number of alkyl halides is 2. The van der Waals surface area contributed by atoms with Gasteiger partial charge in [0.05, 0.1) is 17.3 Å². The fraction of sp³-hybridized carbons (Fsp3) is 0.727. The SMILES string of the molecule is Cc1cn(C)nc1[C@@H](N)C1(C)CC(F)(F)CO1. The van der Waals surface area contributed by atoms with E-state index >= 15 is 0 Å². The highest BCUT2D eigenvalue weighted by atomic mass is 19.3. The van der Waals surface area contributed by atoms with Crippen LogP contribution in [-0.4, -0.2) is 27.9 Å². The van der Waals surface area contributed by atoms with Crippen LogP contribution in [-0.2, 0) is 11.8 Å². The first-order valence-electron chi connectivity index (χ1n) is 5.51. The zero-order valence-electron chi connectivity index (χ0n) is 10.2. The molecular weight excluding hydrogens is 228 g/mol. The summed E-state index contributed by atoms with van der Waals surface area (Å²) in [5.41, 5.74) is 6.49. The Kier molecular flexibility index (Phi) is 2.74. The van der Waals surface area contributed by atoms with Crippen molar-refractivity contribution in [3.63, 3.8) is 0 Å². The third kappa shape index (κ3) is 2.19. The first kappa shape index (κ1) is 12.4. The van der Waals surface area contributed by atoms with E-state index in [9.17, 15) is 8.78 Å². The lowest BCUT2D eigenvalue weighted by Crippen LogP contribution is -2.39. The summed E-state index contributed by atoms with van der Waals surface area (Å²) in [6, 6.07) is -0.642. The van der Waals surface area contributed by atoms with Crippen molar-refractivity contribution in [3.05, 3.63) is 17.5 Å². The van der Waals surface area contributed by atoms with E-state index in [1.807, 2.05) is 13.1 Å². The molecule has 1 fully saturated rings. The minimum Gasteiger partial charge on any atom is -0.367 e. The molecule has 1 unspecified atom stereocenters. The third-order valence-corrected chi connectivity index (χ3v) is 3.23. The van der Waals surface area contributed by atoms with Gasteiger partial charge in [-0.3, -0.25) is 4.68 Å². The largest absolute Gasteiger partial charge is 0.367 e. The second-order valence-electron chi connectivity index (χ2n) is 4.98. The molecule has 2 rings (SSSR count). The van der Waals surface area contributed by atoms with Crippen molar-refractivity contribution in [2.45, 2.75) is 37.8 Å². The van der Waals surface area contributed by atoms with Gasteiger partial charge in [-0.2, -0.15) is 5.10 Å². The van der Waals surface area contributed by atoms with Gasteiger partial charge in [-0.1, -0.05) is 0 Å². The highest BCUT2D eigenvalue weighted by Crippen LogP contribution is 2.43. The van der Waals surface area contributed by atoms with E-state index in [0.717, 1.165) is 5.56 Å². The second-order valence-corrected chi connectivity index (χ2v) is 4.98. The molecule has 96 valence electrons. The van der Waals surface area contributed by atoms with E-state index in [1.54, 1.807) is 18.7 Å². The number of aryl methyl sites for hydroxylation is 2. The first-order valence-corrected chi connectivity index (χ1v) is 5.51. The lowest BCUT2D eigenvalue weighted by Gasteiger charge is -2.29. The monoisotopic (exact) mass is 245 g/mol. The van der Waals surface area contributed by atoms with Crippen LogP contribution in [0.15, 0.2) is 6.20 Å². The predicted molar refractivity (Wildman–Crippen MR) is 58.8 cm³/mol. The van der Waals surface area contributed by atoms with Gasteiger partial charge < -0.3 is 10.5 Å². The molecule has 1 aliphatic rings. The molecule has 2 N–H and O–H groups in total. The van der Waals surface area contributed by atoms with Gasteiger partial charge in [0.15, 0.2) is 0 Å². The number of nitrogens with two attached hydrogens (primary N) is 1. The second kappa shape index (κ2) is 3.74. The van der Waals surface area contributed by atoms with Gasteiger partial charge >= 0.3 is 0 Å². The van der Waals surface area contributed by atoms with Crippen LogP contribution in [0, 0.1) is 6.92 Å². The van der Waals surface area contributed by atoms with Crippen LogP contribution in [0.3, 0.4) is 0 Å². The third-order valence-electron chi connectivity index (χ3n) is 3.23. The summed E-state index contributed by atoms with van der Waals surface area (Å²) in [7, 11) is 1.77. The van der Waals surface area contributed by atoms with E-state index in [0.29, 0.717) is 5.69 Å². The standard InChI is InChI=1S/C11H17F2N3O/c1-7-4-16(3)15-8(7)9(14)10(2)5-11(12,13)6-17-10/h4,9H,5-6,14H2,1-3H3/t9-,10?/m1/s1. The molecule has 0 radical (unpaired) electrons. The molecule has 0 spiro atoms. The molecule has 2 atom stereocenters. The Morgan fingerprint density at radius 3 is 2.65 bits per heavy atom. The predicted octanol–water partition coefficient (Wildman–Crippen LogP) is 1.54. The van der Waals surface area contributed by atoms with Crippen LogP contribution in [0.2, 0.25) is 0 Å². The molecule has 4 nitrogen and oxygen atoms in total. The van der Waals surface area contributed by atoms with Crippen molar-refractivity contribution < 1.29 is 13.5 Å². The van der Waals surface area contributed by atoms with Gasteiger partial charge in [-0.25, -0.2) is 8.78 Å². The van der Waals surface area contributed by atoms with Crippen LogP contribution >= 0.6 is 0 Å². The van der Waals surface area contributed by atoms with Gasteiger partial charge in [0, 0.05) is 19.7 Å². The molecule has 0 saturated carbocycles. The summed E-state index contributed by atoms with van der Waals surface area (Å²) < 4.78 is 33.3. The van der Waals surface area contributed by atoms with Crippen LogP contribution in [0.4, 0.5) is 8.78 Å². The Morgan fingerprint density at radius 2 is 2.24 bits per heavy atom. The molecule has 1 saturated heterocycles. The Labute approximate surface area is 98.7 Å². The summed E-state index contributed by atoms with van der Waals surface area (Å²) in [5, 5.41) is 4.21. The lowest BCUT2D eigenvalue weighted by atomic mass is 9.89. The molecule has 0 amide bonds. The number of aromatic nitrogens is 2. The average Bonchev–Trinajstić information content (AvgIpc) is 2.66. The molecule has 6 heteroatoms. The van der Waals surface area contributed by atoms with Crippen LogP contribution < -0.4 is 5.73 Å². The minimum atomic E-state index is -2.80. The zero-order chi connectivity index (χ0) is 12.8. The molecule has 1 aromatic heterocycles. The van der Waals surface area contributed by atoms with Crippen LogP contribution in [0.5, 0.6) is 0 Å². The number of ether oxygens (including phenoxy) is 1. The van der Waals surface area contributed by atoms with Crippen LogP contribution in [0.25, 0.3) is 0 Å². The van der Waals surface area contributed by atoms with E-state index in [4.69, 9.17) is 10.5 Å². The van der Waals surface area contributed by atoms with E-state index in [1.165, 1.54) is 0 Å². The Morgan fingerprint density at radius 1 is 1.59 bits per heavy atom. The van der Waals surface area contributed by atoms with Gasteiger partial charge in [0.25, 0.3) is 5.92 Å². The van der Waals surface area contributed by atoms with Crippen molar-refractivity contribution in [3.8, 4) is 0 Å². The molecule has 2 heterocycles. The molecule has 0 aromatic carbocycles. The van der Waals surface area contributed by atoms with Crippen LogP contribution in [0.1, 0.15) is 30.6 Å². The molecule has 1 aromatic rings. The molecular formula is C11H17F2N3O. The van der Waals surface area contributed by atoms with E-state index in [-0.39, 0.29) is 6.42 Å². The molecule has 0 bridgehead atoms. The summed E-state index contributed by atoms with van der Waals surface area (Å²) in [5.74, 6) is -2.80. The van der Waals surface area contributed by atoms with Crippen molar-refractivity contribution in [2.24, 2.45) is 12.8 Å². The maximum Gasteiger partial charge on any atom is 0.273 e. The fourth-order valence-corrected chi connectivity index (χ4v) is 2.31. The summed E-state index contributed by atoms with van der Waals surface area (Å²) in [6.07, 6.45) is 1.45. The number of hydrogen-bond acceptors (Lipinski definition) is 3. The highest BCUT2D eigenvalue weighted by molar-refractivity contribution is 5.22. The Bertz CT molecular complexity index is 432. The van der Waals surface area contributed by atoms with Gasteiger partial charge in [0.2, 0.25) is 0 Å².